The van der Waals surface area contributed by atoms with E-state index in [1.165, 1.54) is 0 Å². The summed E-state index contributed by atoms with van der Waals surface area (Å²) >= 11 is 5.11. The molecule has 1 aromatic heterocycles. The molecule has 4 rings (SSSR count). The van der Waals surface area contributed by atoms with E-state index in [0.29, 0.717) is 0 Å². The molecule has 0 unspecified atom stereocenters. The van der Waals surface area contributed by atoms with E-state index >= 15 is 0 Å². The number of para-hydroxylation sites is 1. The van der Waals surface area contributed by atoms with Crippen LogP contribution in [0, 0.1) is 0 Å². The molecule has 0 saturated heterocycles. The van der Waals surface area contributed by atoms with Crippen LogP contribution in [0.15, 0.2) is 76.4 Å². The van der Waals surface area contributed by atoms with Gasteiger partial charge in [-0.1, -0.05) is 54.6 Å². The minimum atomic E-state index is 0.0836. The molecule has 0 aliphatic rings. The fourth-order valence-electron chi connectivity index (χ4n) is 3.13. The molecule has 1 heterocycles. The smallest absolute Gasteiger partial charge is 0.197 e. The van der Waals surface area contributed by atoms with Crippen LogP contribution in [0.5, 0.6) is 0 Å². The van der Waals surface area contributed by atoms with Crippen LogP contribution in [-0.2, 0) is 19.7 Å². The summed E-state index contributed by atoms with van der Waals surface area (Å²) in [4.78, 5) is 13.6. The van der Waals surface area contributed by atoms with Gasteiger partial charge in [-0.05, 0) is 35.4 Å². The average molecular weight is 342 g/mol. The first-order chi connectivity index (χ1) is 12.1. The summed E-state index contributed by atoms with van der Waals surface area (Å²) in [5, 5.41) is 1.50. The molecular weight excluding hydrogens is 326 g/mol. The Morgan fingerprint density at radius 1 is 0.800 bits per heavy atom. The van der Waals surface area contributed by atoms with Crippen molar-refractivity contribution in [3.63, 3.8) is 0 Å². The maximum Gasteiger partial charge on any atom is 0.197 e. The molecule has 4 aromatic rings. The van der Waals surface area contributed by atoms with Gasteiger partial charge in [0.15, 0.2) is 5.43 Å². The molecule has 0 amide bonds. The van der Waals surface area contributed by atoms with Crippen molar-refractivity contribution in [3.8, 4) is 0 Å². The van der Waals surface area contributed by atoms with Gasteiger partial charge in [0.25, 0.3) is 0 Å². The lowest BCUT2D eigenvalue weighted by Gasteiger charge is -2.10. The Labute approximate surface area is 151 Å². The largest absolute Gasteiger partial charge is 0.780 e. The zero-order valence-corrected chi connectivity index (χ0v) is 14.6. The summed E-state index contributed by atoms with van der Waals surface area (Å²) in [6.45, 7) is 0. The Morgan fingerprint density at radius 3 is 2.24 bits per heavy atom. The predicted molar refractivity (Wildman–Crippen MR) is 108 cm³/mol. The quantitative estimate of drug-likeness (QED) is 0.297. The Bertz CT molecular complexity index is 1170. The van der Waals surface area contributed by atoms with Crippen LogP contribution >= 0.6 is 0 Å². The molecule has 0 aliphatic carbocycles. The van der Waals surface area contributed by atoms with Gasteiger partial charge < -0.3 is 17.2 Å². The molecule has 122 valence electrons. The molecule has 2 nitrogen and oxygen atoms in total. The third kappa shape index (κ3) is 2.83. The number of pyridine rings is 1. The van der Waals surface area contributed by atoms with Crippen molar-refractivity contribution in [3.05, 3.63) is 88.1 Å². The summed E-state index contributed by atoms with van der Waals surface area (Å²) in [5.41, 5.74) is 4.12. The van der Waals surface area contributed by atoms with Crippen molar-refractivity contribution in [2.45, 2.75) is 4.90 Å². The van der Waals surface area contributed by atoms with Crippen molar-refractivity contribution in [2.24, 2.45) is 7.05 Å². The molecule has 0 radical (unpaired) electrons. The summed E-state index contributed by atoms with van der Waals surface area (Å²) < 4.78 is 2.08. The Morgan fingerprint density at radius 2 is 1.44 bits per heavy atom. The minimum Gasteiger partial charge on any atom is -0.780 e. The molecule has 3 aromatic carbocycles. The topological polar surface area (TPSA) is 22.0 Å². The van der Waals surface area contributed by atoms with E-state index in [1.807, 2.05) is 67.7 Å². The molecule has 3 heteroatoms. The van der Waals surface area contributed by atoms with Gasteiger partial charge in [-0.15, -0.1) is 0 Å². The van der Waals surface area contributed by atoms with E-state index < -0.39 is 0 Å². The molecule has 0 bridgehead atoms. The maximum atomic E-state index is 12.7. The molecule has 0 atom stereocenters. The molecule has 0 aliphatic heterocycles. The summed E-state index contributed by atoms with van der Waals surface area (Å²) in [6.07, 6.45) is 4.10. The highest BCUT2D eigenvalue weighted by Crippen LogP contribution is 2.20. The molecule has 0 fully saturated rings. The number of benzene rings is 3. The highest BCUT2D eigenvalue weighted by Gasteiger charge is 2.08. The third-order valence-electron chi connectivity index (χ3n) is 4.49. The van der Waals surface area contributed by atoms with Gasteiger partial charge in [-0.25, -0.2) is 0 Å². The fraction of sp³-hybridized carbons (Fsp3) is 0.0455. The van der Waals surface area contributed by atoms with Crippen LogP contribution in [0.3, 0.4) is 0 Å². The van der Waals surface area contributed by atoms with Crippen LogP contribution in [0.25, 0.3) is 34.0 Å². The number of rotatable bonds is 2. The maximum absolute atomic E-state index is 12.7. The fourth-order valence-corrected chi connectivity index (χ4v) is 3.26. The summed E-state index contributed by atoms with van der Waals surface area (Å²) in [6, 6.07) is 21.5. The van der Waals surface area contributed by atoms with Crippen LogP contribution in [-0.4, -0.2) is 4.57 Å². The first-order valence-electron chi connectivity index (χ1n) is 8.10. The van der Waals surface area contributed by atoms with E-state index in [-0.39, 0.29) is 5.43 Å². The number of aryl methyl sites for hydroxylation is 1. The van der Waals surface area contributed by atoms with E-state index in [0.717, 1.165) is 37.8 Å². The predicted octanol–water partition coefficient (Wildman–Crippen LogP) is 4.77. The van der Waals surface area contributed by atoms with Crippen molar-refractivity contribution in [1.29, 1.82) is 0 Å². The van der Waals surface area contributed by atoms with Crippen molar-refractivity contribution < 1.29 is 0 Å². The first-order valence-corrected chi connectivity index (χ1v) is 8.51. The SMILES string of the molecule is Cn1c2ccccc2c(=O)c2ccc(/C=C/c3ccc([S-])cc3)cc21. The third-order valence-corrected chi connectivity index (χ3v) is 4.76. The summed E-state index contributed by atoms with van der Waals surface area (Å²) in [7, 11) is 2.00. The van der Waals surface area contributed by atoms with E-state index in [9.17, 15) is 4.79 Å². The van der Waals surface area contributed by atoms with Crippen molar-refractivity contribution in [2.75, 3.05) is 0 Å². The zero-order valence-electron chi connectivity index (χ0n) is 13.8. The van der Waals surface area contributed by atoms with Crippen LogP contribution < -0.4 is 5.43 Å². The Kier molecular flexibility index (Phi) is 3.86. The standard InChI is InChI=1S/C22H17NOS/c1-23-20-5-3-2-4-18(20)22(24)19-13-10-16(14-21(19)23)7-6-15-8-11-17(25)12-9-15/h2-14,25H,1H3/p-1/b7-6+. The van der Waals surface area contributed by atoms with Crippen molar-refractivity contribution >= 4 is 46.6 Å². The lowest BCUT2D eigenvalue weighted by atomic mass is 10.1. The van der Waals surface area contributed by atoms with Gasteiger partial charge in [-0.3, -0.25) is 4.79 Å². The summed E-state index contributed by atoms with van der Waals surface area (Å²) in [5.74, 6) is 0. The Hall–Kier alpha value is -2.91. The molecular formula is C22H16NOS-. The normalized spacial score (nSPS) is 11.6. The highest BCUT2D eigenvalue weighted by atomic mass is 32.1. The van der Waals surface area contributed by atoms with Gasteiger partial charge in [0.05, 0.1) is 11.0 Å². The van der Waals surface area contributed by atoms with Gasteiger partial charge in [0.2, 0.25) is 0 Å². The molecule has 0 spiro atoms. The number of nitrogens with zero attached hydrogens (tertiary/aromatic N) is 1. The zero-order chi connectivity index (χ0) is 17.4. The second kappa shape index (κ2) is 6.19. The second-order valence-corrected chi connectivity index (χ2v) is 6.56. The number of aromatic nitrogens is 1. The molecule has 0 N–H and O–H groups in total. The van der Waals surface area contributed by atoms with E-state index in [1.54, 1.807) is 0 Å². The average Bonchev–Trinajstić information content (AvgIpc) is 2.65. The first kappa shape index (κ1) is 15.6. The minimum absolute atomic E-state index is 0.0836. The van der Waals surface area contributed by atoms with Gasteiger partial charge in [-0.2, -0.15) is 4.90 Å². The number of hydrogen-bond donors (Lipinski definition) is 0. The number of fused-ring (bicyclic) bond motifs is 2. The molecule has 0 saturated carbocycles. The Balaban J connectivity index is 1.85. The lowest BCUT2D eigenvalue weighted by Crippen LogP contribution is -2.08. The molecule has 25 heavy (non-hydrogen) atoms. The van der Waals surface area contributed by atoms with Crippen molar-refractivity contribution in [1.82, 2.24) is 4.57 Å². The lowest BCUT2D eigenvalue weighted by molar-refractivity contribution is 1.00. The van der Waals surface area contributed by atoms with Crippen LogP contribution in [0.2, 0.25) is 0 Å². The van der Waals surface area contributed by atoms with E-state index in [2.05, 4.69) is 22.8 Å². The van der Waals surface area contributed by atoms with E-state index in [4.69, 9.17) is 12.6 Å². The van der Waals surface area contributed by atoms with Gasteiger partial charge in [0, 0.05) is 17.8 Å². The van der Waals surface area contributed by atoms with Crippen LogP contribution in [0.4, 0.5) is 0 Å². The monoisotopic (exact) mass is 342 g/mol. The van der Waals surface area contributed by atoms with Crippen LogP contribution in [0.1, 0.15) is 11.1 Å². The second-order valence-electron chi connectivity index (χ2n) is 6.08. The highest BCUT2D eigenvalue weighted by molar-refractivity contribution is 7.58. The van der Waals surface area contributed by atoms with Gasteiger partial charge >= 0.3 is 0 Å². The van der Waals surface area contributed by atoms with Gasteiger partial charge in [0.1, 0.15) is 0 Å². The number of hydrogen-bond acceptors (Lipinski definition) is 2.